The summed E-state index contributed by atoms with van der Waals surface area (Å²) in [5.41, 5.74) is 4.47. The van der Waals surface area contributed by atoms with Crippen molar-refractivity contribution in [2.75, 3.05) is 0 Å². The highest BCUT2D eigenvalue weighted by Gasteiger charge is 2.17. The Hall–Kier alpha value is -3.48. The number of rotatable bonds is 7. The van der Waals surface area contributed by atoms with E-state index in [-0.39, 0.29) is 6.42 Å². The van der Waals surface area contributed by atoms with Gasteiger partial charge in [0.25, 0.3) is 0 Å². The smallest absolute Gasteiger partial charge is 0.303 e. The standard InChI is InChI=1S/C27H22ClN3O2S/c1-17-22(15-19(13-14-25(32)33)27-29-23-11-4-5-12-24(23)34-27)26(28)31(30-17)16-20-9-6-8-18-7-2-3-10-21(18)20/h2-12,15H,13-14,16H2,1H3,(H,32,33). The number of para-hydroxylation sites is 1. The second-order valence-corrected chi connectivity index (χ2v) is 9.52. The fraction of sp³-hybridized carbons (Fsp3) is 0.148. The molecule has 0 saturated heterocycles. The Morgan fingerprint density at radius 1 is 1.06 bits per heavy atom. The maximum atomic E-state index is 11.3. The first-order valence-corrected chi connectivity index (χ1v) is 12.2. The highest BCUT2D eigenvalue weighted by atomic mass is 35.5. The van der Waals surface area contributed by atoms with Gasteiger partial charge in [-0.2, -0.15) is 5.10 Å². The van der Waals surface area contributed by atoms with Crippen LogP contribution in [0.5, 0.6) is 0 Å². The Bertz CT molecular complexity index is 1510. The van der Waals surface area contributed by atoms with Gasteiger partial charge in [0.15, 0.2) is 0 Å². The molecule has 3 aromatic carbocycles. The quantitative estimate of drug-likeness (QED) is 0.267. The number of aryl methyl sites for hydroxylation is 1. The highest BCUT2D eigenvalue weighted by Crippen LogP contribution is 2.33. The van der Waals surface area contributed by atoms with Gasteiger partial charge >= 0.3 is 5.97 Å². The van der Waals surface area contributed by atoms with Crippen molar-refractivity contribution in [2.24, 2.45) is 0 Å². The predicted octanol–water partition coefficient (Wildman–Crippen LogP) is 7.06. The molecule has 0 unspecified atom stereocenters. The van der Waals surface area contributed by atoms with Crippen molar-refractivity contribution >= 4 is 61.5 Å². The molecule has 5 aromatic rings. The van der Waals surface area contributed by atoms with Crippen molar-refractivity contribution < 1.29 is 9.90 Å². The fourth-order valence-corrected chi connectivity index (χ4v) is 5.39. The van der Waals surface area contributed by atoms with E-state index in [9.17, 15) is 9.90 Å². The molecule has 0 spiro atoms. The molecule has 170 valence electrons. The second-order valence-electron chi connectivity index (χ2n) is 8.14. The van der Waals surface area contributed by atoms with E-state index in [4.69, 9.17) is 21.7 Å². The Labute approximate surface area is 206 Å². The second kappa shape index (κ2) is 9.41. The van der Waals surface area contributed by atoms with Gasteiger partial charge in [0.05, 0.1) is 22.5 Å². The number of hydrogen-bond donors (Lipinski definition) is 1. The number of aliphatic carboxylic acids is 1. The fourth-order valence-electron chi connectivity index (χ4n) is 4.09. The minimum Gasteiger partial charge on any atom is -0.481 e. The van der Waals surface area contributed by atoms with Crippen LogP contribution in [0.25, 0.3) is 32.6 Å². The molecule has 0 aliphatic carbocycles. The largest absolute Gasteiger partial charge is 0.481 e. The highest BCUT2D eigenvalue weighted by molar-refractivity contribution is 7.19. The van der Waals surface area contributed by atoms with Crippen LogP contribution in [0.3, 0.4) is 0 Å². The van der Waals surface area contributed by atoms with E-state index in [1.807, 2.05) is 55.5 Å². The first kappa shape index (κ1) is 22.3. The molecule has 0 fully saturated rings. The van der Waals surface area contributed by atoms with Crippen LogP contribution < -0.4 is 0 Å². The van der Waals surface area contributed by atoms with Gasteiger partial charge in [-0.3, -0.25) is 4.79 Å². The number of allylic oxidation sites excluding steroid dienone is 1. The molecule has 0 amide bonds. The van der Waals surface area contributed by atoms with E-state index in [2.05, 4.69) is 24.3 Å². The summed E-state index contributed by atoms with van der Waals surface area (Å²) in [4.78, 5) is 16.1. The van der Waals surface area contributed by atoms with Crippen molar-refractivity contribution in [3.63, 3.8) is 0 Å². The number of carboxylic acids is 1. The molecule has 0 bridgehead atoms. The van der Waals surface area contributed by atoms with Crippen molar-refractivity contribution in [3.05, 3.63) is 93.7 Å². The molecular formula is C27H22ClN3O2S. The predicted molar refractivity (Wildman–Crippen MR) is 139 cm³/mol. The third-order valence-electron chi connectivity index (χ3n) is 5.80. The van der Waals surface area contributed by atoms with Gasteiger partial charge in [-0.05, 0) is 53.5 Å². The summed E-state index contributed by atoms with van der Waals surface area (Å²) in [6, 6.07) is 22.4. The van der Waals surface area contributed by atoms with Gasteiger partial charge in [0.2, 0.25) is 0 Å². The molecule has 2 heterocycles. The Kier molecular flexibility index (Phi) is 6.18. The number of aromatic nitrogens is 3. The Balaban J connectivity index is 1.54. The zero-order valence-electron chi connectivity index (χ0n) is 18.5. The maximum Gasteiger partial charge on any atom is 0.303 e. The molecule has 1 N–H and O–H groups in total. The first-order valence-electron chi connectivity index (χ1n) is 11.0. The summed E-state index contributed by atoms with van der Waals surface area (Å²) in [7, 11) is 0. The average Bonchev–Trinajstić information content (AvgIpc) is 3.38. The van der Waals surface area contributed by atoms with Crippen molar-refractivity contribution in [1.82, 2.24) is 14.8 Å². The summed E-state index contributed by atoms with van der Waals surface area (Å²) in [6.07, 6.45) is 2.33. The average molecular weight is 488 g/mol. The van der Waals surface area contributed by atoms with Crippen LogP contribution in [0.15, 0.2) is 66.7 Å². The topological polar surface area (TPSA) is 68.0 Å². The molecule has 2 aromatic heterocycles. The van der Waals surface area contributed by atoms with Gasteiger partial charge in [-0.1, -0.05) is 66.2 Å². The lowest BCUT2D eigenvalue weighted by atomic mass is 10.0. The van der Waals surface area contributed by atoms with Gasteiger partial charge in [0.1, 0.15) is 10.2 Å². The van der Waals surface area contributed by atoms with Crippen LogP contribution in [0, 0.1) is 6.92 Å². The Morgan fingerprint density at radius 3 is 2.65 bits per heavy atom. The lowest BCUT2D eigenvalue weighted by molar-refractivity contribution is -0.136. The summed E-state index contributed by atoms with van der Waals surface area (Å²) in [5, 5.41) is 17.7. The first-order chi connectivity index (χ1) is 16.5. The van der Waals surface area contributed by atoms with Crippen LogP contribution >= 0.6 is 22.9 Å². The monoisotopic (exact) mass is 487 g/mol. The summed E-state index contributed by atoms with van der Waals surface area (Å²) >= 11 is 8.38. The number of hydrogen-bond acceptors (Lipinski definition) is 4. The minimum absolute atomic E-state index is 0.0164. The molecule has 5 nitrogen and oxygen atoms in total. The molecule has 0 aliphatic heterocycles. The third-order valence-corrected chi connectivity index (χ3v) is 7.32. The zero-order chi connectivity index (χ0) is 23.7. The summed E-state index contributed by atoms with van der Waals surface area (Å²) in [6.45, 7) is 2.46. The van der Waals surface area contributed by atoms with E-state index in [0.29, 0.717) is 18.1 Å². The molecule has 7 heteroatoms. The third kappa shape index (κ3) is 4.47. The van der Waals surface area contributed by atoms with Crippen molar-refractivity contribution in [2.45, 2.75) is 26.3 Å². The zero-order valence-corrected chi connectivity index (χ0v) is 20.1. The number of thiazole rings is 1. The number of nitrogens with zero attached hydrogens (tertiary/aromatic N) is 3. The van der Waals surface area contributed by atoms with Crippen LogP contribution in [0.4, 0.5) is 0 Å². The molecule has 5 rings (SSSR count). The summed E-state index contributed by atoms with van der Waals surface area (Å²) in [5.74, 6) is -0.846. The van der Waals surface area contributed by atoms with Crippen molar-refractivity contribution in [3.8, 4) is 0 Å². The lowest BCUT2D eigenvalue weighted by Gasteiger charge is -2.08. The Morgan fingerprint density at radius 2 is 1.82 bits per heavy atom. The van der Waals surface area contributed by atoms with Gasteiger partial charge in [0, 0.05) is 12.0 Å². The molecule has 0 radical (unpaired) electrons. The van der Waals surface area contributed by atoms with Crippen molar-refractivity contribution in [1.29, 1.82) is 0 Å². The molecule has 0 aliphatic rings. The number of fused-ring (bicyclic) bond motifs is 2. The minimum atomic E-state index is -0.846. The van der Waals surface area contributed by atoms with E-state index < -0.39 is 5.97 Å². The van der Waals surface area contributed by atoms with E-state index >= 15 is 0 Å². The summed E-state index contributed by atoms with van der Waals surface area (Å²) < 4.78 is 2.87. The maximum absolute atomic E-state index is 11.3. The van der Waals surface area contributed by atoms with E-state index in [0.717, 1.165) is 37.6 Å². The lowest BCUT2D eigenvalue weighted by Crippen LogP contribution is -2.02. The number of benzene rings is 3. The molecular weight excluding hydrogens is 466 g/mol. The van der Waals surface area contributed by atoms with Gasteiger partial charge in [-0.25, -0.2) is 9.67 Å². The number of carbonyl (C=O) groups is 1. The van der Waals surface area contributed by atoms with Crippen LogP contribution in [-0.4, -0.2) is 25.8 Å². The molecule has 34 heavy (non-hydrogen) atoms. The van der Waals surface area contributed by atoms with Gasteiger partial charge < -0.3 is 5.11 Å². The number of halogens is 1. The molecule has 0 atom stereocenters. The molecule has 0 saturated carbocycles. The number of carboxylic acid groups (broad SMARTS) is 1. The van der Waals surface area contributed by atoms with E-state index in [1.165, 1.54) is 10.8 Å². The SMILES string of the molecule is Cc1nn(Cc2cccc3ccccc23)c(Cl)c1C=C(CCC(=O)O)c1nc2ccccc2s1. The van der Waals surface area contributed by atoms with Gasteiger partial charge in [-0.15, -0.1) is 11.3 Å². The van der Waals surface area contributed by atoms with Crippen LogP contribution in [-0.2, 0) is 11.3 Å². The van der Waals surface area contributed by atoms with Crippen LogP contribution in [0.2, 0.25) is 5.15 Å². The normalized spacial score (nSPS) is 12.0. The van der Waals surface area contributed by atoms with E-state index in [1.54, 1.807) is 16.0 Å². The van der Waals surface area contributed by atoms with Crippen LogP contribution in [0.1, 0.15) is 34.7 Å².